The lowest BCUT2D eigenvalue weighted by Crippen LogP contribution is -2.10. The van der Waals surface area contributed by atoms with Gasteiger partial charge in [-0.1, -0.05) is 0 Å². The van der Waals surface area contributed by atoms with Gasteiger partial charge in [-0.3, -0.25) is 10.1 Å². The Morgan fingerprint density at radius 2 is 1.28 bits per heavy atom. The van der Waals surface area contributed by atoms with E-state index in [1.165, 1.54) is 6.07 Å². The number of halogens is 6. The van der Waals surface area contributed by atoms with Crippen LogP contribution in [0.2, 0.25) is 0 Å². The molecule has 6 N–H and O–H groups in total. The highest BCUT2D eigenvalue weighted by Crippen LogP contribution is 2.35. The molecule has 0 atom stereocenters. The van der Waals surface area contributed by atoms with Crippen molar-refractivity contribution in [2.24, 2.45) is 0 Å². The molecule has 0 aliphatic rings. The Morgan fingerprint density at radius 3 is 1.69 bits per heavy atom. The molecule has 0 amide bonds. The van der Waals surface area contributed by atoms with Crippen LogP contribution in [-0.2, 0) is 12.4 Å². The minimum atomic E-state index is -4.62. The van der Waals surface area contributed by atoms with Crippen LogP contribution < -0.4 is 16.4 Å². The van der Waals surface area contributed by atoms with E-state index in [-0.39, 0.29) is 37.7 Å². The van der Waals surface area contributed by atoms with Crippen molar-refractivity contribution < 1.29 is 41.5 Å². The lowest BCUT2D eigenvalue weighted by Gasteiger charge is -2.11. The van der Waals surface area contributed by atoms with Gasteiger partial charge in [0.15, 0.2) is 0 Å². The fourth-order valence-electron chi connectivity index (χ4n) is 2.29. The van der Waals surface area contributed by atoms with Gasteiger partial charge >= 0.3 is 12.4 Å². The Kier molecular flexibility index (Phi) is 9.53. The van der Waals surface area contributed by atoms with Crippen LogP contribution in [-0.4, -0.2) is 41.4 Å². The van der Waals surface area contributed by atoms with E-state index in [1.54, 1.807) is 0 Å². The zero-order valence-electron chi connectivity index (χ0n) is 16.3. The number of benzene rings is 2. The number of hydrogen-bond donors (Lipinski definition) is 5. The average Bonchev–Trinajstić information content (AvgIpc) is 2.70. The average molecular weight is 470 g/mol. The van der Waals surface area contributed by atoms with Crippen LogP contribution in [0.5, 0.6) is 0 Å². The molecule has 0 aliphatic carbocycles. The maximum Gasteiger partial charge on any atom is 0.416 e. The molecule has 0 saturated carbocycles. The summed E-state index contributed by atoms with van der Waals surface area (Å²) in [6, 6.07) is 5.21. The summed E-state index contributed by atoms with van der Waals surface area (Å²) in [5.41, 5.74) is 3.21. The number of hydrogen-bond acceptors (Lipinski definition) is 7. The van der Waals surface area contributed by atoms with E-state index in [1.807, 2.05) is 0 Å². The van der Waals surface area contributed by atoms with Crippen LogP contribution in [0.15, 0.2) is 36.4 Å². The summed E-state index contributed by atoms with van der Waals surface area (Å²) in [5, 5.41) is 32.8. The van der Waals surface area contributed by atoms with Crippen molar-refractivity contribution in [3.8, 4) is 0 Å². The maximum atomic E-state index is 12.3. The fourth-order valence-corrected chi connectivity index (χ4v) is 2.29. The highest BCUT2D eigenvalue weighted by molar-refractivity contribution is 5.67. The third-order valence-electron chi connectivity index (χ3n) is 3.76. The summed E-state index contributed by atoms with van der Waals surface area (Å²) in [7, 11) is 0. The van der Waals surface area contributed by atoms with Crippen molar-refractivity contribution in [1.82, 2.24) is 0 Å². The number of alkyl halides is 6. The zero-order valence-corrected chi connectivity index (χ0v) is 16.3. The molecule has 2 rings (SSSR count). The molecule has 0 bridgehead atoms. The van der Waals surface area contributed by atoms with Gasteiger partial charge in [0.25, 0.3) is 5.69 Å². The number of nitrogens with two attached hydrogens (primary N) is 1. The summed E-state index contributed by atoms with van der Waals surface area (Å²) >= 11 is 0. The van der Waals surface area contributed by atoms with E-state index in [4.69, 9.17) is 15.9 Å². The highest BCUT2D eigenvalue weighted by atomic mass is 19.4. The number of aliphatic hydroxyl groups excluding tert-OH is 2. The topological polar surface area (TPSA) is 134 Å². The summed E-state index contributed by atoms with van der Waals surface area (Å²) in [6.45, 7) is -0.125. The van der Waals surface area contributed by atoms with Gasteiger partial charge in [0.05, 0.1) is 40.6 Å². The zero-order chi connectivity index (χ0) is 24.5. The van der Waals surface area contributed by atoms with Gasteiger partial charge in [0.2, 0.25) is 0 Å². The lowest BCUT2D eigenvalue weighted by atomic mass is 10.1. The van der Waals surface area contributed by atoms with Crippen molar-refractivity contribution in [2.75, 3.05) is 42.7 Å². The largest absolute Gasteiger partial charge is 0.416 e. The molecule has 0 saturated heterocycles. The molecule has 0 aliphatic heterocycles. The first-order chi connectivity index (χ1) is 14.8. The van der Waals surface area contributed by atoms with Crippen molar-refractivity contribution in [1.29, 1.82) is 0 Å². The second-order valence-corrected chi connectivity index (χ2v) is 6.09. The van der Waals surface area contributed by atoms with Gasteiger partial charge in [-0.25, -0.2) is 0 Å². The second-order valence-electron chi connectivity index (χ2n) is 6.09. The van der Waals surface area contributed by atoms with E-state index < -0.39 is 34.1 Å². The smallest absolute Gasteiger partial charge is 0.397 e. The predicted octanol–water partition coefficient (Wildman–Crippen LogP) is 3.71. The third kappa shape index (κ3) is 8.11. The number of anilines is 3. The summed E-state index contributed by atoms with van der Waals surface area (Å²) < 4.78 is 73.7. The van der Waals surface area contributed by atoms with E-state index in [2.05, 4.69) is 10.6 Å². The van der Waals surface area contributed by atoms with Crippen LogP contribution >= 0.6 is 0 Å². The molecule has 0 spiro atoms. The number of rotatable bonds is 7. The van der Waals surface area contributed by atoms with Gasteiger partial charge in [0, 0.05) is 19.2 Å². The Hall–Kier alpha value is -3.26. The lowest BCUT2D eigenvalue weighted by molar-refractivity contribution is -0.384. The Balaban J connectivity index is 0.000000323. The number of nitrogens with one attached hydrogen (secondary N) is 2. The first-order valence-electron chi connectivity index (χ1n) is 8.83. The predicted molar refractivity (Wildman–Crippen MR) is 105 cm³/mol. The number of nitrogens with zero attached hydrogens (tertiary/aromatic N) is 1. The van der Waals surface area contributed by atoms with Crippen molar-refractivity contribution >= 4 is 22.7 Å². The molecule has 8 nitrogen and oxygen atoms in total. The summed E-state index contributed by atoms with van der Waals surface area (Å²) in [5.74, 6) is 0. The van der Waals surface area contributed by atoms with Gasteiger partial charge in [-0.05, 0) is 30.3 Å². The number of nitro groups is 1. The SMILES string of the molecule is Nc1cc(C(F)(F)F)ccc1NCCO.O=[N+]([O-])c1cc(C(F)(F)F)ccc1NCCO. The minimum Gasteiger partial charge on any atom is -0.397 e. The third-order valence-corrected chi connectivity index (χ3v) is 3.76. The first kappa shape index (κ1) is 26.8. The summed E-state index contributed by atoms with van der Waals surface area (Å²) in [6.07, 6.45) is -9.01. The molecule has 2 aromatic rings. The maximum absolute atomic E-state index is 12.3. The standard InChI is InChI=1S/C9H9F3N2O3.C9H11F3N2O/c10-9(11,12)6-1-2-7(13-3-4-15)8(5-6)14(16)17;10-9(11,12)6-1-2-8(7(13)5-6)14-3-4-15/h1-2,5,13,15H,3-4H2;1-2,5,14-15H,3-4,13H2. The molecular weight excluding hydrogens is 450 g/mol. The quantitative estimate of drug-likeness (QED) is 0.180. The van der Waals surface area contributed by atoms with E-state index in [9.17, 15) is 36.5 Å². The van der Waals surface area contributed by atoms with Gasteiger partial charge in [-0.15, -0.1) is 0 Å². The molecule has 2 aromatic carbocycles. The van der Waals surface area contributed by atoms with Crippen molar-refractivity contribution in [3.63, 3.8) is 0 Å². The molecule has 0 unspecified atom stereocenters. The van der Waals surface area contributed by atoms with E-state index in [0.717, 1.165) is 24.3 Å². The normalized spacial score (nSPS) is 11.4. The van der Waals surface area contributed by atoms with Gasteiger partial charge < -0.3 is 26.6 Å². The Labute approximate surface area is 177 Å². The molecule has 0 heterocycles. The molecule has 14 heteroatoms. The number of aliphatic hydroxyl groups is 2. The molecule has 32 heavy (non-hydrogen) atoms. The summed E-state index contributed by atoms with van der Waals surface area (Å²) in [4.78, 5) is 9.69. The fraction of sp³-hybridized carbons (Fsp3) is 0.333. The Morgan fingerprint density at radius 1 is 0.844 bits per heavy atom. The van der Waals surface area contributed by atoms with Crippen LogP contribution in [0.25, 0.3) is 0 Å². The molecule has 178 valence electrons. The molecular formula is C18H20F6N4O4. The van der Waals surface area contributed by atoms with E-state index in [0.29, 0.717) is 11.8 Å². The monoisotopic (exact) mass is 470 g/mol. The molecule has 0 radical (unpaired) electrons. The molecule has 0 fully saturated rings. The van der Waals surface area contributed by atoms with Gasteiger partial charge in [-0.2, -0.15) is 26.3 Å². The minimum absolute atomic E-state index is 0.0123. The Bertz CT molecular complexity index is 906. The molecule has 0 aromatic heterocycles. The highest BCUT2D eigenvalue weighted by Gasteiger charge is 2.33. The van der Waals surface area contributed by atoms with Crippen LogP contribution in [0.4, 0.5) is 49.1 Å². The van der Waals surface area contributed by atoms with Crippen molar-refractivity contribution in [3.05, 3.63) is 57.6 Å². The van der Waals surface area contributed by atoms with Crippen LogP contribution in [0, 0.1) is 10.1 Å². The van der Waals surface area contributed by atoms with Crippen LogP contribution in [0.1, 0.15) is 11.1 Å². The first-order valence-corrected chi connectivity index (χ1v) is 8.83. The number of nitrogen functional groups attached to an aromatic ring is 1. The van der Waals surface area contributed by atoms with E-state index >= 15 is 0 Å². The second kappa shape index (κ2) is 11.4. The van der Waals surface area contributed by atoms with Gasteiger partial charge in [0.1, 0.15) is 5.69 Å². The van der Waals surface area contributed by atoms with Crippen molar-refractivity contribution in [2.45, 2.75) is 12.4 Å². The number of nitro benzene ring substituents is 1. The van der Waals surface area contributed by atoms with Crippen LogP contribution in [0.3, 0.4) is 0 Å².